The first kappa shape index (κ1) is 14.1. The van der Waals surface area contributed by atoms with Crippen LogP contribution in [0.15, 0.2) is 23.1 Å². The largest absolute Gasteiger partial charge is 0.497 e. The number of benzene rings is 1. The van der Waals surface area contributed by atoms with E-state index in [9.17, 15) is 8.42 Å². The first-order valence-corrected chi connectivity index (χ1v) is 7.50. The monoisotopic (exact) mass is 286 g/mol. The molecule has 1 unspecified atom stereocenters. The molecule has 1 aromatic carbocycles. The normalized spacial score (nSPS) is 19.4. The standard InChI is InChI=1S/C12H18N2O4S/c1-17-10-3-4-11(18-2)12(7-10)19(15,16)14-9-5-6-13-8-9/h3-4,7,9,13-14H,5-6,8H2,1-2H3. The zero-order chi connectivity index (χ0) is 13.9. The molecule has 2 N–H and O–H groups in total. The average Bonchev–Trinajstić information content (AvgIpc) is 2.90. The summed E-state index contributed by atoms with van der Waals surface area (Å²) in [5.41, 5.74) is 0. The maximum Gasteiger partial charge on any atom is 0.244 e. The van der Waals surface area contributed by atoms with Crippen LogP contribution in [-0.4, -0.2) is 41.8 Å². The quantitative estimate of drug-likeness (QED) is 0.816. The Balaban J connectivity index is 2.32. The van der Waals surface area contributed by atoms with E-state index in [1.165, 1.54) is 20.3 Å². The van der Waals surface area contributed by atoms with E-state index in [4.69, 9.17) is 9.47 Å². The Hall–Kier alpha value is -1.31. The van der Waals surface area contributed by atoms with Crippen LogP contribution in [0, 0.1) is 0 Å². The zero-order valence-electron chi connectivity index (χ0n) is 11.0. The minimum absolute atomic E-state index is 0.0825. The number of methoxy groups -OCH3 is 2. The number of ether oxygens (including phenoxy) is 2. The molecule has 0 bridgehead atoms. The molecule has 2 rings (SSSR count). The summed E-state index contributed by atoms with van der Waals surface area (Å²) in [4.78, 5) is 0.0984. The van der Waals surface area contributed by atoms with Crippen LogP contribution in [0.1, 0.15) is 6.42 Å². The van der Waals surface area contributed by atoms with Crippen molar-refractivity contribution < 1.29 is 17.9 Å². The van der Waals surface area contributed by atoms with Crippen LogP contribution in [0.5, 0.6) is 11.5 Å². The molecule has 1 saturated heterocycles. The van der Waals surface area contributed by atoms with Gasteiger partial charge in [-0.1, -0.05) is 0 Å². The number of hydrogen-bond acceptors (Lipinski definition) is 5. The van der Waals surface area contributed by atoms with Gasteiger partial charge in [0.1, 0.15) is 16.4 Å². The molecule has 0 amide bonds. The summed E-state index contributed by atoms with van der Waals surface area (Å²) in [6, 6.07) is 4.62. The van der Waals surface area contributed by atoms with Crippen molar-refractivity contribution in [3.05, 3.63) is 18.2 Å². The molecule has 0 radical (unpaired) electrons. The second-order valence-corrected chi connectivity index (χ2v) is 6.01. The molecule has 1 aliphatic heterocycles. The maximum atomic E-state index is 12.4. The van der Waals surface area contributed by atoms with E-state index in [1.807, 2.05) is 0 Å². The van der Waals surface area contributed by atoms with Crippen LogP contribution in [0.25, 0.3) is 0 Å². The fourth-order valence-electron chi connectivity index (χ4n) is 2.03. The summed E-state index contributed by atoms with van der Waals surface area (Å²) >= 11 is 0. The molecule has 0 aliphatic carbocycles. The van der Waals surface area contributed by atoms with Crippen molar-refractivity contribution in [3.8, 4) is 11.5 Å². The highest BCUT2D eigenvalue weighted by Crippen LogP contribution is 2.28. The van der Waals surface area contributed by atoms with Crippen molar-refractivity contribution in [1.29, 1.82) is 0 Å². The van der Waals surface area contributed by atoms with Crippen molar-refractivity contribution in [2.75, 3.05) is 27.3 Å². The molecule has 0 saturated carbocycles. The fraction of sp³-hybridized carbons (Fsp3) is 0.500. The molecule has 19 heavy (non-hydrogen) atoms. The molecule has 0 aromatic heterocycles. The first-order valence-electron chi connectivity index (χ1n) is 6.02. The van der Waals surface area contributed by atoms with Gasteiger partial charge in [-0.05, 0) is 25.1 Å². The third-order valence-corrected chi connectivity index (χ3v) is 4.58. The molecule has 1 aromatic rings. The molecule has 0 spiro atoms. The third kappa shape index (κ3) is 3.17. The summed E-state index contributed by atoms with van der Waals surface area (Å²) in [7, 11) is -0.679. The Kier molecular flexibility index (Phi) is 4.28. The van der Waals surface area contributed by atoms with Gasteiger partial charge in [-0.25, -0.2) is 13.1 Å². The SMILES string of the molecule is COc1ccc(OC)c(S(=O)(=O)NC2CCNC2)c1. The third-order valence-electron chi connectivity index (χ3n) is 3.04. The second kappa shape index (κ2) is 5.77. The predicted octanol–water partition coefficient (Wildman–Crippen LogP) is 0.344. The number of rotatable bonds is 5. The van der Waals surface area contributed by atoms with E-state index in [0.29, 0.717) is 18.0 Å². The lowest BCUT2D eigenvalue weighted by molar-refractivity contribution is 0.391. The van der Waals surface area contributed by atoms with Crippen LogP contribution in [-0.2, 0) is 10.0 Å². The van der Waals surface area contributed by atoms with E-state index < -0.39 is 10.0 Å². The minimum Gasteiger partial charge on any atom is -0.497 e. The molecule has 1 atom stereocenters. The van der Waals surface area contributed by atoms with Crippen LogP contribution >= 0.6 is 0 Å². The Bertz CT molecular complexity index is 539. The average molecular weight is 286 g/mol. The minimum atomic E-state index is -3.61. The Morgan fingerprint density at radius 3 is 2.68 bits per heavy atom. The summed E-state index contributed by atoms with van der Waals surface area (Å²) in [6.07, 6.45) is 0.783. The number of hydrogen-bond donors (Lipinski definition) is 2. The van der Waals surface area contributed by atoms with Gasteiger partial charge in [0.15, 0.2) is 0 Å². The van der Waals surface area contributed by atoms with Gasteiger partial charge in [0.25, 0.3) is 0 Å². The van der Waals surface area contributed by atoms with Gasteiger partial charge in [0.05, 0.1) is 14.2 Å². The van der Waals surface area contributed by atoms with E-state index in [2.05, 4.69) is 10.0 Å². The van der Waals surface area contributed by atoms with Crippen molar-refractivity contribution in [3.63, 3.8) is 0 Å². The lowest BCUT2D eigenvalue weighted by atomic mass is 10.3. The van der Waals surface area contributed by atoms with Gasteiger partial charge < -0.3 is 14.8 Å². The lowest BCUT2D eigenvalue weighted by Crippen LogP contribution is -2.36. The van der Waals surface area contributed by atoms with Gasteiger partial charge in [0, 0.05) is 18.7 Å². The Morgan fingerprint density at radius 2 is 2.11 bits per heavy atom. The van der Waals surface area contributed by atoms with Crippen molar-refractivity contribution in [2.45, 2.75) is 17.4 Å². The molecule has 1 fully saturated rings. The van der Waals surface area contributed by atoms with Gasteiger partial charge in [0.2, 0.25) is 10.0 Å². The van der Waals surface area contributed by atoms with Crippen LogP contribution < -0.4 is 19.5 Å². The molecular weight excluding hydrogens is 268 g/mol. The van der Waals surface area contributed by atoms with E-state index >= 15 is 0 Å². The highest BCUT2D eigenvalue weighted by Gasteiger charge is 2.25. The number of nitrogens with one attached hydrogen (secondary N) is 2. The molecule has 1 heterocycles. The Labute approximate surface area is 113 Å². The molecule has 106 valence electrons. The van der Waals surface area contributed by atoms with Crippen LogP contribution in [0.3, 0.4) is 0 Å². The van der Waals surface area contributed by atoms with E-state index in [1.54, 1.807) is 12.1 Å². The van der Waals surface area contributed by atoms with Crippen LogP contribution in [0.4, 0.5) is 0 Å². The zero-order valence-corrected chi connectivity index (χ0v) is 11.8. The van der Waals surface area contributed by atoms with Gasteiger partial charge >= 0.3 is 0 Å². The summed E-state index contributed by atoms with van der Waals surface area (Å²) in [5.74, 6) is 0.782. The van der Waals surface area contributed by atoms with Gasteiger partial charge in [-0.2, -0.15) is 0 Å². The van der Waals surface area contributed by atoms with Crippen LogP contribution in [0.2, 0.25) is 0 Å². The summed E-state index contributed by atoms with van der Waals surface area (Å²) in [5, 5.41) is 3.11. The van der Waals surface area contributed by atoms with Crippen molar-refractivity contribution >= 4 is 10.0 Å². The topological polar surface area (TPSA) is 76.7 Å². The van der Waals surface area contributed by atoms with Crippen molar-refractivity contribution in [2.24, 2.45) is 0 Å². The molecule has 6 nitrogen and oxygen atoms in total. The Morgan fingerprint density at radius 1 is 1.32 bits per heavy atom. The second-order valence-electron chi connectivity index (χ2n) is 4.33. The predicted molar refractivity (Wildman–Crippen MR) is 71.1 cm³/mol. The smallest absolute Gasteiger partial charge is 0.244 e. The van der Waals surface area contributed by atoms with Gasteiger partial charge in [-0.15, -0.1) is 0 Å². The molecule has 1 aliphatic rings. The highest BCUT2D eigenvalue weighted by molar-refractivity contribution is 7.89. The van der Waals surface area contributed by atoms with Gasteiger partial charge in [-0.3, -0.25) is 0 Å². The lowest BCUT2D eigenvalue weighted by Gasteiger charge is -2.15. The highest BCUT2D eigenvalue weighted by atomic mass is 32.2. The number of sulfonamides is 1. The molecule has 7 heteroatoms. The fourth-order valence-corrected chi connectivity index (χ4v) is 3.49. The maximum absolute atomic E-state index is 12.4. The van der Waals surface area contributed by atoms with E-state index in [-0.39, 0.29) is 10.9 Å². The first-order chi connectivity index (χ1) is 9.06. The summed E-state index contributed by atoms with van der Waals surface area (Å²) in [6.45, 7) is 1.47. The summed E-state index contributed by atoms with van der Waals surface area (Å²) < 4.78 is 37.6. The van der Waals surface area contributed by atoms with E-state index in [0.717, 1.165) is 13.0 Å². The molecular formula is C12H18N2O4S. The van der Waals surface area contributed by atoms with Crippen molar-refractivity contribution in [1.82, 2.24) is 10.0 Å².